The van der Waals surface area contributed by atoms with Gasteiger partial charge in [-0.1, -0.05) is 35.9 Å². The fourth-order valence-corrected chi connectivity index (χ4v) is 4.20. The molecule has 1 aromatic heterocycles. The zero-order chi connectivity index (χ0) is 22.8. The molecule has 0 radical (unpaired) electrons. The highest BCUT2D eigenvalue weighted by atomic mass is 35.5. The smallest absolute Gasteiger partial charge is 0.416 e. The predicted octanol–water partition coefficient (Wildman–Crippen LogP) is 6.53. The molecule has 0 spiro atoms. The number of benzene rings is 2. The van der Waals surface area contributed by atoms with Gasteiger partial charge in [0.1, 0.15) is 11.8 Å². The minimum Gasteiger partial charge on any atom is -0.486 e. The van der Waals surface area contributed by atoms with Crippen LogP contribution in [0.4, 0.5) is 17.6 Å². The molecule has 3 rings (SSSR count). The molecule has 164 valence electrons. The van der Waals surface area contributed by atoms with Gasteiger partial charge in [-0.15, -0.1) is 0 Å². The second kappa shape index (κ2) is 9.23. The van der Waals surface area contributed by atoms with Gasteiger partial charge in [-0.05, 0) is 53.7 Å². The molecule has 0 amide bonds. The van der Waals surface area contributed by atoms with Crippen molar-refractivity contribution >= 4 is 29.1 Å². The van der Waals surface area contributed by atoms with Crippen molar-refractivity contribution < 1.29 is 32.2 Å². The summed E-state index contributed by atoms with van der Waals surface area (Å²) in [4.78, 5) is 11.4. The molecule has 10 heteroatoms. The largest absolute Gasteiger partial charge is 0.486 e. The highest BCUT2D eigenvalue weighted by Crippen LogP contribution is 2.38. The molecule has 1 heterocycles. The molecule has 1 N–H and O–H groups in total. The summed E-state index contributed by atoms with van der Waals surface area (Å²) < 4.78 is 64.2. The number of aromatic nitrogens is 1. The summed E-state index contributed by atoms with van der Waals surface area (Å²) in [6.07, 6.45) is -5.81. The topological polar surface area (TPSA) is 59.4 Å². The van der Waals surface area contributed by atoms with Crippen LogP contribution in [0.1, 0.15) is 28.7 Å². The number of rotatable bonds is 7. The molecule has 0 unspecified atom stereocenters. The van der Waals surface area contributed by atoms with Crippen molar-refractivity contribution in [2.45, 2.75) is 32.5 Å². The van der Waals surface area contributed by atoms with Crippen molar-refractivity contribution in [1.29, 1.82) is 0 Å². The average Bonchev–Trinajstić information content (AvgIpc) is 3.05. The third-order valence-electron chi connectivity index (χ3n) is 4.57. The van der Waals surface area contributed by atoms with Crippen molar-refractivity contribution in [1.82, 2.24) is 4.37 Å². The fraction of sp³-hybridized carbons (Fsp3) is 0.238. The lowest BCUT2D eigenvalue weighted by Crippen LogP contribution is -2.12. The lowest BCUT2D eigenvalue weighted by Gasteiger charge is -2.16. The molecular weight excluding hydrogens is 458 g/mol. The molecular formula is C21H16ClF4NO3S. The number of hydrogen-bond acceptors (Lipinski definition) is 4. The maximum Gasteiger partial charge on any atom is 0.416 e. The Labute approximate surface area is 184 Å². The monoisotopic (exact) mass is 473 g/mol. The van der Waals surface area contributed by atoms with Gasteiger partial charge in [-0.2, -0.15) is 17.5 Å². The molecule has 3 aromatic rings. The summed E-state index contributed by atoms with van der Waals surface area (Å²) in [7, 11) is 0. The zero-order valence-corrected chi connectivity index (χ0v) is 17.7. The van der Waals surface area contributed by atoms with E-state index in [0.717, 1.165) is 22.7 Å². The van der Waals surface area contributed by atoms with Crippen LogP contribution in [0.15, 0.2) is 36.4 Å². The van der Waals surface area contributed by atoms with E-state index in [-0.39, 0.29) is 11.8 Å². The maximum atomic E-state index is 14.5. The molecule has 0 bridgehead atoms. The highest BCUT2D eigenvalue weighted by Gasteiger charge is 2.35. The Bertz CT molecular complexity index is 1110. The quantitative estimate of drug-likeness (QED) is 0.396. The van der Waals surface area contributed by atoms with Crippen molar-refractivity contribution in [2.75, 3.05) is 0 Å². The summed E-state index contributed by atoms with van der Waals surface area (Å²) in [5, 5.41) is 8.85. The molecule has 0 saturated heterocycles. The summed E-state index contributed by atoms with van der Waals surface area (Å²) in [6.45, 7) is 1.60. The molecule has 0 aliphatic carbocycles. The van der Waals surface area contributed by atoms with Crippen molar-refractivity contribution in [3.63, 3.8) is 0 Å². The van der Waals surface area contributed by atoms with Gasteiger partial charge in [0.25, 0.3) is 0 Å². The summed E-state index contributed by atoms with van der Waals surface area (Å²) >= 11 is 7.25. The molecule has 31 heavy (non-hydrogen) atoms. The van der Waals surface area contributed by atoms with Gasteiger partial charge in [-0.3, -0.25) is 4.79 Å². The first-order chi connectivity index (χ1) is 14.6. The Hall–Kier alpha value is -2.65. The Morgan fingerprint density at radius 1 is 1.26 bits per heavy atom. The highest BCUT2D eigenvalue weighted by molar-refractivity contribution is 7.10. The number of carboxylic acids is 1. The molecule has 2 aromatic carbocycles. The Morgan fingerprint density at radius 3 is 2.61 bits per heavy atom. The number of carbonyl (C=O) groups is 1. The van der Waals surface area contributed by atoms with E-state index in [0.29, 0.717) is 22.6 Å². The van der Waals surface area contributed by atoms with Gasteiger partial charge in [0.05, 0.1) is 10.4 Å². The van der Waals surface area contributed by atoms with Crippen LogP contribution < -0.4 is 4.74 Å². The summed E-state index contributed by atoms with van der Waals surface area (Å²) in [6, 6.07) is 8.63. The van der Waals surface area contributed by atoms with Gasteiger partial charge in [0.2, 0.25) is 0 Å². The van der Waals surface area contributed by atoms with E-state index in [1.54, 1.807) is 0 Å². The Balaban J connectivity index is 1.92. The van der Waals surface area contributed by atoms with Crippen molar-refractivity contribution in [3.05, 3.63) is 69.6 Å². The normalized spacial score (nSPS) is 11.5. The van der Waals surface area contributed by atoms with Crippen LogP contribution in [-0.4, -0.2) is 15.4 Å². The third kappa shape index (κ3) is 5.34. The third-order valence-corrected chi connectivity index (χ3v) is 5.91. The SMILES string of the molecule is Cc1ccccc1-c1snc(Cl)c1COc1cc(C(F)(F)F)c(CCC(=O)O)cc1F. The predicted molar refractivity (Wildman–Crippen MR) is 109 cm³/mol. The van der Waals surface area contributed by atoms with Gasteiger partial charge in [0.15, 0.2) is 11.6 Å². The van der Waals surface area contributed by atoms with Crippen LogP contribution in [0.2, 0.25) is 5.15 Å². The Kier molecular flexibility index (Phi) is 6.86. The van der Waals surface area contributed by atoms with Gasteiger partial charge in [-0.25, -0.2) is 4.39 Å². The molecule has 0 aliphatic heterocycles. The van der Waals surface area contributed by atoms with E-state index in [4.69, 9.17) is 21.4 Å². The maximum absolute atomic E-state index is 14.5. The van der Waals surface area contributed by atoms with Crippen LogP contribution >= 0.6 is 23.1 Å². The van der Waals surface area contributed by atoms with Crippen LogP contribution in [-0.2, 0) is 24.0 Å². The minimum absolute atomic E-state index is 0.123. The van der Waals surface area contributed by atoms with Gasteiger partial charge >= 0.3 is 12.1 Å². The van der Waals surface area contributed by atoms with E-state index in [1.165, 1.54) is 0 Å². The summed E-state index contributed by atoms with van der Waals surface area (Å²) in [5.41, 5.74) is 0.627. The molecule has 0 fully saturated rings. The van der Waals surface area contributed by atoms with Crippen LogP contribution in [0.25, 0.3) is 10.4 Å². The number of nitrogens with zero attached hydrogens (tertiary/aromatic N) is 1. The van der Waals surface area contributed by atoms with Crippen LogP contribution in [0.3, 0.4) is 0 Å². The minimum atomic E-state index is -4.80. The zero-order valence-electron chi connectivity index (χ0n) is 16.1. The van der Waals surface area contributed by atoms with E-state index in [1.807, 2.05) is 31.2 Å². The number of hydrogen-bond donors (Lipinski definition) is 1. The second-order valence-corrected chi connectivity index (χ2v) is 7.85. The van der Waals surface area contributed by atoms with E-state index in [2.05, 4.69) is 4.37 Å². The number of aryl methyl sites for hydroxylation is 2. The van der Waals surface area contributed by atoms with E-state index < -0.39 is 47.7 Å². The standard InChI is InChI=1S/C21H16ClF4NO3S/c1-11-4-2-3-5-13(11)19-14(20(22)27-31-19)10-30-17-9-15(21(24,25)26)12(8-16(17)23)6-7-18(28)29/h2-5,8-9H,6-7,10H2,1H3,(H,28,29). The number of ether oxygens (including phenoxy) is 1. The Morgan fingerprint density at radius 2 is 1.97 bits per heavy atom. The van der Waals surface area contributed by atoms with E-state index >= 15 is 0 Å². The fourth-order valence-electron chi connectivity index (χ4n) is 3.02. The number of halogens is 5. The summed E-state index contributed by atoms with van der Waals surface area (Å²) in [5.74, 6) is -2.91. The van der Waals surface area contributed by atoms with Crippen LogP contribution in [0.5, 0.6) is 5.75 Å². The van der Waals surface area contributed by atoms with Gasteiger partial charge < -0.3 is 9.84 Å². The molecule has 0 atom stereocenters. The number of carboxylic acid groups (broad SMARTS) is 1. The van der Waals surface area contributed by atoms with Gasteiger partial charge in [0, 0.05) is 12.0 Å². The number of alkyl halides is 3. The van der Waals surface area contributed by atoms with Crippen LogP contribution in [0, 0.1) is 12.7 Å². The first-order valence-corrected chi connectivity index (χ1v) is 10.2. The van der Waals surface area contributed by atoms with E-state index in [9.17, 15) is 22.4 Å². The molecule has 4 nitrogen and oxygen atoms in total. The molecule has 0 saturated carbocycles. The lowest BCUT2D eigenvalue weighted by molar-refractivity contribution is -0.140. The number of aliphatic carboxylic acids is 1. The van der Waals surface area contributed by atoms with Crippen molar-refractivity contribution in [2.24, 2.45) is 0 Å². The second-order valence-electron chi connectivity index (χ2n) is 6.72. The first kappa shape index (κ1) is 23.0. The average molecular weight is 474 g/mol. The first-order valence-electron chi connectivity index (χ1n) is 9.02. The lowest BCUT2D eigenvalue weighted by atomic mass is 10.0. The molecule has 0 aliphatic rings. The van der Waals surface area contributed by atoms with Crippen molar-refractivity contribution in [3.8, 4) is 16.2 Å².